The van der Waals surface area contributed by atoms with Gasteiger partial charge in [-0.3, -0.25) is 4.79 Å². The Morgan fingerprint density at radius 2 is 2.22 bits per heavy atom. The van der Waals surface area contributed by atoms with Crippen LogP contribution in [0.5, 0.6) is 0 Å². The van der Waals surface area contributed by atoms with E-state index in [9.17, 15) is 9.18 Å². The normalized spacial score (nSPS) is 12.0. The van der Waals surface area contributed by atoms with Crippen molar-refractivity contribution in [3.05, 3.63) is 34.6 Å². The number of hydrogen-bond acceptors (Lipinski definition) is 2. The summed E-state index contributed by atoms with van der Waals surface area (Å²) >= 11 is 10.7. The number of thiocarbonyl (C=S) groups is 1. The van der Waals surface area contributed by atoms with Gasteiger partial charge >= 0.3 is 0 Å². The fraction of sp³-hybridized carbons (Fsp3) is 0.333. The lowest BCUT2D eigenvalue weighted by Crippen LogP contribution is -2.35. The van der Waals surface area contributed by atoms with Gasteiger partial charge in [0.2, 0.25) is 0 Å². The summed E-state index contributed by atoms with van der Waals surface area (Å²) in [5.74, 6) is -0.855. The summed E-state index contributed by atoms with van der Waals surface area (Å²) in [7, 11) is 1.62. The zero-order valence-electron chi connectivity index (χ0n) is 10.1. The molecule has 0 saturated carbocycles. The molecule has 0 aliphatic rings. The average molecular weight is 289 g/mol. The smallest absolute Gasteiger partial charge is 0.255 e. The van der Waals surface area contributed by atoms with Gasteiger partial charge in [0.1, 0.15) is 5.82 Å². The first-order valence-electron chi connectivity index (χ1n) is 5.32. The fourth-order valence-electron chi connectivity index (χ4n) is 1.45. The van der Waals surface area contributed by atoms with E-state index in [0.29, 0.717) is 11.5 Å². The Kier molecular flexibility index (Phi) is 5.04. The molecule has 1 aromatic rings. The third kappa shape index (κ3) is 3.65. The standard InChI is InChI=1S/C12H14ClFN2OS/c1-7(11(15)18)6-16(2)12(17)9-4-3-8(14)5-10(9)13/h3-5,7H,6H2,1-2H3,(H2,15,18). The van der Waals surface area contributed by atoms with Crippen LogP contribution in [-0.4, -0.2) is 29.4 Å². The van der Waals surface area contributed by atoms with E-state index in [4.69, 9.17) is 29.6 Å². The van der Waals surface area contributed by atoms with E-state index in [0.717, 1.165) is 6.07 Å². The molecule has 1 rings (SSSR count). The number of amides is 1. The van der Waals surface area contributed by atoms with Crippen LogP contribution in [0.2, 0.25) is 5.02 Å². The molecule has 6 heteroatoms. The Bertz CT molecular complexity index is 481. The lowest BCUT2D eigenvalue weighted by atomic mass is 10.1. The minimum Gasteiger partial charge on any atom is -0.393 e. The van der Waals surface area contributed by atoms with E-state index in [-0.39, 0.29) is 22.4 Å². The van der Waals surface area contributed by atoms with Crippen molar-refractivity contribution in [2.24, 2.45) is 11.7 Å². The predicted molar refractivity (Wildman–Crippen MR) is 74.3 cm³/mol. The molecule has 0 aromatic heterocycles. The number of nitrogens with zero attached hydrogens (tertiary/aromatic N) is 1. The van der Waals surface area contributed by atoms with Gasteiger partial charge in [0.15, 0.2) is 0 Å². The molecular weight excluding hydrogens is 275 g/mol. The summed E-state index contributed by atoms with van der Waals surface area (Å²) in [6.45, 7) is 2.22. The van der Waals surface area contributed by atoms with Gasteiger partial charge < -0.3 is 10.6 Å². The minimum atomic E-state index is -0.476. The van der Waals surface area contributed by atoms with Gasteiger partial charge in [-0.05, 0) is 18.2 Å². The molecule has 98 valence electrons. The molecule has 3 nitrogen and oxygen atoms in total. The molecule has 0 fully saturated rings. The highest BCUT2D eigenvalue weighted by atomic mass is 35.5. The first kappa shape index (κ1) is 14.9. The van der Waals surface area contributed by atoms with Crippen LogP contribution < -0.4 is 5.73 Å². The number of nitrogens with two attached hydrogens (primary N) is 1. The highest BCUT2D eigenvalue weighted by molar-refractivity contribution is 7.80. The largest absolute Gasteiger partial charge is 0.393 e. The van der Waals surface area contributed by atoms with Crippen LogP contribution in [0.15, 0.2) is 18.2 Å². The third-order valence-electron chi connectivity index (χ3n) is 2.54. The second-order valence-electron chi connectivity index (χ2n) is 4.11. The second kappa shape index (κ2) is 6.11. The molecule has 0 aliphatic carbocycles. The van der Waals surface area contributed by atoms with Gasteiger partial charge in [0.25, 0.3) is 5.91 Å². The Morgan fingerprint density at radius 1 is 1.61 bits per heavy atom. The Morgan fingerprint density at radius 3 is 2.72 bits per heavy atom. The van der Waals surface area contributed by atoms with Crippen molar-refractivity contribution in [3.63, 3.8) is 0 Å². The minimum absolute atomic E-state index is 0.0897. The lowest BCUT2D eigenvalue weighted by molar-refractivity contribution is 0.0787. The van der Waals surface area contributed by atoms with Gasteiger partial charge in [-0.1, -0.05) is 30.7 Å². The maximum absolute atomic E-state index is 12.9. The Hall–Kier alpha value is -1.20. The van der Waals surface area contributed by atoms with E-state index < -0.39 is 5.82 Å². The maximum atomic E-state index is 12.9. The topological polar surface area (TPSA) is 46.3 Å². The van der Waals surface area contributed by atoms with E-state index in [1.54, 1.807) is 7.05 Å². The molecule has 18 heavy (non-hydrogen) atoms. The van der Waals surface area contributed by atoms with Crippen molar-refractivity contribution in [3.8, 4) is 0 Å². The first-order chi connectivity index (χ1) is 8.32. The van der Waals surface area contributed by atoms with Crippen LogP contribution in [0.3, 0.4) is 0 Å². The van der Waals surface area contributed by atoms with Gasteiger partial charge in [0, 0.05) is 19.5 Å². The number of carbonyl (C=O) groups excluding carboxylic acids is 1. The van der Waals surface area contributed by atoms with Crippen LogP contribution in [0, 0.1) is 11.7 Å². The monoisotopic (exact) mass is 288 g/mol. The quantitative estimate of drug-likeness (QED) is 0.866. The summed E-state index contributed by atoms with van der Waals surface area (Å²) in [4.78, 5) is 13.9. The van der Waals surface area contributed by atoms with Crippen molar-refractivity contribution in [1.82, 2.24) is 4.90 Å². The summed E-state index contributed by atoms with van der Waals surface area (Å²) in [5, 5.41) is 0.0924. The lowest BCUT2D eigenvalue weighted by Gasteiger charge is -2.21. The van der Waals surface area contributed by atoms with Crippen molar-refractivity contribution >= 4 is 34.7 Å². The molecule has 1 amide bonds. The van der Waals surface area contributed by atoms with E-state index in [1.807, 2.05) is 6.92 Å². The highest BCUT2D eigenvalue weighted by Crippen LogP contribution is 2.19. The SMILES string of the molecule is CC(CN(C)C(=O)c1ccc(F)cc1Cl)C(N)=S. The number of halogens is 2. The zero-order valence-corrected chi connectivity index (χ0v) is 11.7. The Balaban J connectivity index is 2.83. The summed E-state index contributed by atoms with van der Waals surface area (Å²) in [6.07, 6.45) is 0. The van der Waals surface area contributed by atoms with Gasteiger partial charge in [0.05, 0.1) is 15.6 Å². The van der Waals surface area contributed by atoms with Crippen molar-refractivity contribution in [2.75, 3.05) is 13.6 Å². The molecule has 0 aliphatic heterocycles. The van der Waals surface area contributed by atoms with Gasteiger partial charge in [-0.15, -0.1) is 0 Å². The molecule has 0 heterocycles. The first-order valence-corrected chi connectivity index (χ1v) is 6.11. The van der Waals surface area contributed by atoms with E-state index >= 15 is 0 Å². The second-order valence-corrected chi connectivity index (χ2v) is 4.99. The predicted octanol–water partition coefficient (Wildman–Crippen LogP) is 2.47. The molecule has 0 bridgehead atoms. The van der Waals surface area contributed by atoms with Crippen LogP contribution in [0.4, 0.5) is 4.39 Å². The number of rotatable bonds is 4. The summed E-state index contributed by atoms with van der Waals surface area (Å²) in [6, 6.07) is 3.67. The molecule has 0 spiro atoms. The summed E-state index contributed by atoms with van der Waals surface area (Å²) in [5.41, 5.74) is 5.75. The van der Waals surface area contributed by atoms with Crippen LogP contribution in [0.1, 0.15) is 17.3 Å². The molecule has 1 aromatic carbocycles. The molecule has 1 unspecified atom stereocenters. The van der Waals surface area contributed by atoms with E-state index in [1.165, 1.54) is 17.0 Å². The number of benzene rings is 1. The van der Waals surface area contributed by atoms with Crippen LogP contribution in [0.25, 0.3) is 0 Å². The van der Waals surface area contributed by atoms with Gasteiger partial charge in [-0.25, -0.2) is 4.39 Å². The molecular formula is C12H14ClFN2OS. The van der Waals surface area contributed by atoms with Crippen LogP contribution in [-0.2, 0) is 0 Å². The number of carbonyl (C=O) groups is 1. The van der Waals surface area contributed by atoms with Crippen LogP contribution >= 0.6 is 23.8 Å². The average Bonchev–Trinajstić information content (AvgIpc) is 2.27. The van der Waals surface area contributed by atoms with E-state index in [2.05, 4.69) is 0 Å². The van der Waals surface area contributed by atoms with Crippen molar-refractivity contribution < 1.29 is 9.18 Å². The number of hydrogen-bond donors (Lipinski definition) is 1. The molecule has 0 radical (unpaired) electrons. The van der Waals surface area contributed by atoms with Crippen molar-refractivity contribution in [2.45, 2.75) is 6.92 Å². The maximum Gasteiger partial charge on any atom is 0.255 e. The zero-order chi connectivity index (χ0) is 13.9. The molecule has 2 N–H and O–H groups in total. The highest BCUT2D eigenvalue weighted by Gasteiger charge is 2.18. The fourth-order valence-corrected chi connectivity index (χ4v) is 1.77. The van der Waals surface area contributed by atoms with Gasteiger partial charge in [-0.2, -0.15) is 0 Å². The summed E-state index contributed by atoms with van der Waals surface area (Å²) < 4.78 is 12.9. The third-order valence-corrected chi connectivity index (χ3v) is 3.26. The van der Waals surface area contributed by atoms with Crippen molar-refractivity contribution in [1.29, 1.82) is 0 Å². The molecule has 0 saturated heterocycles. The Labute approximate surface area is 116 Å². The molecule has 1 atom stereocenters.